The van der Waals surface area contributed by atoms with Crippen LogP contribution in [0.3, 0.4) is 0 Å². The maximum absolute atomic E-state index is 9.82. The van der Waals surface area contributed by atoms with Gasteiger partial charge in [0.15, 0.2) is 0 Å². The monoisotopic (exact) mass is 681 g/mol. The normalized spacial score (nSPS) is 51.3. The Labute approximate surface area is 305 Å². The van der Waals surface area contributed by atoms with Crippen molar-refractivity contribution >= 4 is 0 Å². The predicted octanol–water partition coefficient (Wildman–Crippen LogP) is 12.0. The van der Waals surface area contributed by atoms with Gasteiger partial charge in [0.2, 0.25) is 0 Å². The van der Waals surface area contributed by atoms with Crippen LogP contribution in [0.1, 0.15) is 211 Å². The van der Waals surface area contributed by atoms with Gasteiger partial charge in [0.25, 0.3) is 0 Å². The van der Waals surface area contributed by atoms with E-state index in [-0.39, 0.29) is 5.41 Å². The van der Waals surface area contributed by atoms with Gasteiger partial charge in [-0.3, -0.25) is 0 Å². The first kappa shape index (κ1) is 38.6. The Kier molecular flexibility index (Phi) is 9.21. The zero-order valence-corrected chi connectivity index (χ0v) is 35.1. The fraction of sp³-hybridized carbons (Fsp3) is 1.00. The van der Waals surface area contributed by atoms with Gasteiger partial charge in [-0.1, -0.05) is 88.0 Å². The van der Waals surface area contributed by atoms with Crippen LogP contribution >= 0.6 is 0 Å². The minimum Gasteiger partial charge on any atom is -0.390 e. The minimum atomic E-state index is -0.467. The van der Waals surface area contributed by atoms with Gasteiger partial charge in [-0.05, 0) is 185 Å². The standard InChI is InChI=1S/C10H19N.C10H18.C9H17NO.C9H16.C8H14/c1-8(2,3)10-4-9(5-10,6-10)7-11;1-3-4-5-10-6-9(2,7-10)8-10;1-7(2,11)8-4-9(5-8,6-8)10-3;1-3-4-9-5-8(2,6-9)7-9;1-3-8-4-7(2,5-8)6-8/h4-7,11H2,1-3H3;3-8H2,1-2H3;10-11H,4-6H2,1-3H3;3-7H2,1-2H3;3-6H2,1-2H3. The molecule has 10 bridgehead atoms. The van der Waals surface area contributed by atoms with E-state index in [9.17, 15) is 5.11 Å². The highest BCUT2D eigenvalue weighted by molar-refractivity contribution is 5.27. The molecule has 15 aliphatic rings. The third-order valence-electron chi connectivity index (χ3n) is 17.8. The van der Waals surface area contributed by atoms with Crippen LogP contribution in [0.25, 0.3) is 0 Å². The van der Waals surface area contributed by atoms with Crippen molar-refractivity contribution in [3.05, 3.63) is 0 Å². The Hall–Kier alpha value is -0.120. The van der Waals surface area contributed by atoms with Gasteiger partial charge in [0.1, 0.15) is 0 Å². The summed E-state index contributed by atoms with van der Waals surface area (Å²) in [6.45, 7) is 26.1. The molecule has 15 saturated carbocycles. The maximum atomic E-state index is 9.82. The molecule has 0 aromatic heterocycles. The lowest BCUT2D eigenvalue weighted by molar-refractivity contribution is -0.252. The number of aliphatic hydroxyl groups is 1. The number of nitrogens with two attached hydrogens (primary N) is 1. The molecule has 3 nitrogen and oxygen atoms in total. The van der Waals surface area contributed by atoms with Gasteiger partial charge in [-0.15, -0.1) is 0 Å². The average Bonchev–Trinajstić information content (AvgIpc) is 2.78. The van der Waals surface area contributed by atoms with E-state index in [2.05, 4.69) is 67.6 Å². The summed E-state index contributed by atoms with van der Waals surface area (Å²) in [7, 11) is 2.02. The topological polar surface area (TPSA) is 58.3 Å². The highest BCUT2D eigenvalue weighted by Crippen LogP contribution is 2.79. The maximum Gasteiger partial charge on any atom is 0.0649 e. The van der Waals surface area contributed by atoms with E-state index < -0.39 is 5.60 Å². The SMILES string of the molecule is CC(C)(C)C12CC(CN)(C1)C2.CCC12CC(C)(C1)C2.CCCC12CC(C)(C1)C2.CCCCC12CC(C)(C1)C2.CNC12CC(C(C)(C)O)(C1)C2. The molecule has 0 radical (unpaired) electrons. The van der Waals surface area contributed by atoms with Crippen molar-refractivity contribution in [3.63, 3.8) is 0 Å². The van der Waals surface area contributed by atoms with E-state index in [1.54, 1.807) is 38.5 Å². The van der Waals surface area contributed by atoms with Crippen molar-refractivity contribution in [2.24, 2.45) is 59.9 Å². The molecule has 0 saturated heterocycles. The summed E-state index contributed by atoms with van der Waals surface area (Å²) in [5, 5.41) is 13.1. The van der Waals surface area contributed by atoms with E-state index in [4.69, 9.17) is 5.73 Å². The van der Waals surface area contributed by atoms with E-state index in [1.165, 1.54) is 96.3 Å². The summed E-state index contributed by atoms with van der Waals surface area (Å²) < 4.78 is 0. The second-order valence-corrected chi connectivity index (χ2v) is 24.4. The molecule has 3 heteroatoms. The van der Waals surface area contributed by atoms with Crippen LogP contribution in [-0.4, -0.2) is 29.8 Å². The van der Waals surface area contributed by atoms with Crippen molar-refractivity contribution in [3.8, 4) is 0 Å². The quantitative estimate of drug-likeness (QED) is 0.227. The zero-order chi connectivity index (χ0) is 36.3. The summed E-state index contributed by atoms with van der Waals surface area (Å²) in [6.07, 6.45) is 30.4. The summed E-state index contributed by atoms with van der Waals surface area (Å²) in [4.78, 5) is 0. The summed E-state index contributed by atoms with van der Waals surface area (Å²) >= 11 is 0. The molecular formula is C46H84N2O. The molecule has 0 amide bonds. The molecule has 284 valence electrons. The first-order chi connectivity index (χ1) is 22.4. The Morgan fingerprint density at radius 2 is 0.959 bits per heavy atom. The molecule has 4 N–H and O–H groups in total. The van der Waals surface area contributed by atoms with Crippen LogP contribution in [0.4, 0.5) is 0 Å². The summed E-state index contributed by atoms with van der Waals surface area (Å²) in [5.41, 5.74) is 12.8. The Balaban J connectivity index is 0.000000107. The highest BCUT2D eigenvalue weighted by Gasteiger charge is 2.72. The minimum absolute atomic E-state index is 0.260. The van der Waals surface area contributed by atoms with Gasteiger partial charge < -0.3 is 16.2 Å². The second-order valence-electron chi connectivity index (χ2n) is 24.4. The lowest BCUT2D eigenvalue weighted by Crippen LogP contribution is -2.78. The van der Waals surface area contributed by atoms with Crippen molar-refractivity contribution in [2.45, 2.75) is 222 Å². The lowest BCUT2D eigenvalue weighted by Gasteiger charge is -2.75. The molecule has 0 unspecified atom stereocenters. The summed E-state index contributed by atoms with van der Waals surface area (Å²) in [5.74, 6) is 0. The fourth-order valence-electron chi connectivity index (χ4n) is 15.4. The fourth-order valence-corrected chi connectivity index (χ4v) is 15.4. The number of hydrogen-bond acceptors (Lipinski definition) is 3. The molecular weight excluding hydrogens is 597 g/mol. The van der Waals surface area contributed by atoms with Crippen LogP contribution in [0, 0.1) is 54.1 Å². The van der Waals surface area contributed by atoms with Gasteiger partial charge in [-0.2, -0.15) is 0 Å². The number of nitrogens with one attached hydrogen (secondary N) is 1. The van der Waals surface area contributed by atoms with E-state index in [1.807, 2.05) is 20.9 Å². The molecule has 49 heavy (non-hydrogen) atoms. The van der Waals surface area contributed by atoms with E-state index in [0.717, 1.165) is 39.0 Å². The number of rotatable bonds is 9. The molecule has 15 aliphatic carbocycles. The van der Waals surface area contributed by atoms with Crippen LogP contribution in [-0.2, 0) is 0 Å². The smallest absolute Gasteiger partial charge is 0.0649 e. The van der Waals surface area contributed by atoms with Crippen molar-refractivity contribution < 1.29 is 5.11 Å². The zero-order valence-electron chi connectivity index (χ0n) is 35.1. The molecule has 0 aromatic carbocycles. The molecule has 0 aliphatic heterocycles. The van der Waals surface area contributed by atoms with Crippen molar-refractivity contribution in [1.82, 2.24) is 5.32 Å². The second kappa shape index (κ2) is 11.7. The molecule has 15 fully saturated rings. The van der Waals surface area contributed by atoms with Crippen LogP contribution in [0.2, 0.25) is 0 Å². The van der Waals surface area contributed by atoms with Gasteiger partial charge in [0.05, 0.1) is 5.60 Å². The van der Waals surface area contributed by atoms with Gasteiger partial charge >= 0.3 is 0 Å². The summed E-state index contributed by atoms with van der Waals surface area (Å²) in [6, 6.07) is 0. The molecule has 15 rings (SSSR count). The first-order valence-corrected chi connectivity index (χ1v) is 21.5. The predicted molar refractivity (Wildman–Crippen MR) is 209 cm³/mol. The van der Waals surface area contributed by atoms with Gasteiger partial charge in [-0.25, -0.2) is 0 Å². The Morgan fingerprint density at radius 1 is 0.551 bits per heavy atom. The Bertz CT molecular complexity index is 1080. The average molecular weight is 681 g/mol. The molecule has 0 spiro atoms. The lowest BCUT2D eigenvalue weighted by atomic mass is 9.29. The third kappa shape index (κ3) is 6.36. The molecule has 0 atom stereocenters. The number of hydrogen-bond donors (Lipinski definition) is 3. The number of unbranched alkanes of at least 4 members (excludes halogenated alkanes) is 1. The largest absolute Gasteiger partial charge is 0.390 e. The third-order valence-corrected chi connectivity index (χ3v) is 17.8. The van der Waals surface area contributed by atoms with E-state index >= 15 is 0 Å². The van der Waals surface area contributed by atoms with Crippen LogP contribution in [0.15, 0.2) is 0 Å². The van der Waals surface area contributed by atoms with Gasteiger partial charge in [0, 0.05) is 11.0 Å². The van der Waals surface area contributed by atoms with Crippen LogP contribution in [0.5, 0.6) is 0 Å². The van der Waals surface area contributed by atoms with Crippen LogP contribution < -0.4 is 11.1 Å². The Morgan fingerprint density at radius 3 is 1.22 bits per heavy atom. The van der Waals surface area contributed by atoms with Crippen molar-refractivity contribution in [2.75, 3.05) is 13.6 Å². The van der Waals surface area contributed by atoms with E-state index in [0.29, 0.717) is 21.8 Å². The molecule has 0 heterocycles. The molecule has 0 aromatic rings. The van der Waals surface area contributed by atoms with Crippen molar-refractivity contribution in [1.29, 1.82) is 0 Å². The first-order valence-electron chi connectivity index (χ1n) is 21.5. The highest BCUT2D eigenvalue weighted by atomic mass is 16.3.